The lowest BCUT2D eigenvalue weighted by molar-refractivity contribution is -0.274. The van der Waals surface area contributed by atoms with Crippen molar-refractivity contribution in [1.82, 2.24) is 9.78 Å². The Balaban J connectivity index is 2.08. The average Bonchev–Trinajstić information content (AvgIpc) is 2.85. The van der Waals surface area contributed by atoms with Crippen molar-refractivity contribution in [1.29, 1.82) is 0 Å². The highest BCUT2D eigenvalue weighted by atomic mass is 35.5. The van der Waals surface area contributed by atoms with Gasteiger partial charge in [-0.05, 0) is 29.8 Å². The first kappa shape index (κ1) is 19.3. The van der Waals surface area contributed by atoms with E-state index in [1.54, 1.807) is 12.1 Å². The second-order valence-electron chi connectivity index (χ2n) is 5.64. The van der Waals surface area contributed by atoms with Gasteiger partial charge in [0, 0.05) is 21.5 Å². The molecule has 1 aromatic heterocycles. The third-order valence-electron chi connectivity index (χ3n) is 3.69. The Labute approximate surface area is 160 Å². The van der Waals surface area contributed by atoms with Crippen LogP contribution < -0.4 is 4.74 Å². The summed E-state index contributed by atoms with van der Waals surface area (Å²) >= 11 is 12.0. The number of aliphatic carboxylic acids is 1. The van der Waals surface area contributed by atoms with Gasteiger partial charge in [-0.15, -0.1) is 13.2 Å². The van der Waals surface area contributed by atoms with Crippen LogP contribution in [0.25, 0.3) is 10.9 Å². The predicted octanol–water partition coefficient (Wildman–Crippen LogP) is 4.92. The predicted molar refractivity (Wildman–Crippen MR) is 93.3 cm³/mol. The SMILES string of the molecule is O=C(O)Cc1nn(Cc2ccc(Cl)cc2Cl)c2cc(OC(F)(F)F)ccc12. The van der Waals surface area contributed by atoms with E-state index in [0.717, 1.165) is 12.1 Å². The minimum absolute atomic E-state index is 0.113. The molecule has 2 aromatic carbocycles. The Morgan fingerprint density at radius 2 is 1.93 bits per heavy atom. The maximum atomic E-state index is 12.5. The molecule has 0 spiro atoms. The molecule has 10 heteroatoms. The molecular weight excluding hydrogens is 408 g/mol. The number of rotatable bonds is 5. The van der Waals surface area contributed by atoms with Crippen LogP contribution in [0.3, 0.4) is 0 Å². The number of carboxylic acid groups (broad SMARTS) is 1. The van der Waals surface area contributed by atoms with Crippen LogP contribution in [0.5, 0.6) is 5.75 Å². The largest absolute Gasteiger partial charge is 0.573 e. The molecule has 0 aliphatic carbocycles. The summed E-state index contributed by atoms with van der Waals surface area (Å²) in [4.78, 5) is 11.1. The van der Waals surface area contributed by atoms with Gasteiger partial charge in [0.2, 0.25) is 0 Å². The van der Waals surface area contributed by atoms with Crippen LogP contribution in [-0.2, 0) is 17.8 Å². The smallest absolute Gasteiger partial charge is 0.481 e. The maximum absolute atomic E-state index is 12.5. The summed E-state index contributed by atoms with van der Waals surface area (Å²) in [6.45, 7) is 0.113. The highest BCUT2D eigenvalue weighted by Gasteiger charge is 2.31. The second kappa shape index (κ2) is 7.28. The number of carboxylic acids is 1. The Morgan fingerprint density at radius 3 is 2.56 bits per heavy atom. The number of ether oxygens (including phenoxy) is 1. The van der Waals surface area contributed by atoms with Gasteiger partial charge in [-0.1, -0.05) is 29.3 Å². The fourth-order valence-corrected chi connectivity index (χ4v) is 3.09. The van der Waals surface area contributed by atoms with E-state index in [4.69, 9.17) is 28.3 Å². The first-order valence-electron chi connectivity index (χ1n) is 7.53. The van der Waals surface area contributed by atoms with E-state index in [9.17, 15) is 18.0 Å². The molecule has 0 bridgehead atoms. The van der Waals surface area contributed by atoms with Gasteiger partial charge >= 0.3 is 12.3 Å². The molecule has 0 saturated carbocycles. The minimum atomic E-state index is -4.85. The van der Waals surface area contributed by atoms with Crippen LogP contribution >= 0.6 is 23.2 Å². The molecule has 0 radical (unpaired) electrons. The van der Waals surface area contributed by atoms with Crippen molar-refractivity contribution in [2.24, 2.45) is 0 Å². The van der Waals surface area contributed by atoms with Crippen molar-refractivity contribution in [2.75, 3.05) is 0 Å². The van der Waals surface area contributed by atoms with Crippen molar-refractivity contribution in [3.8, 4) is 5.75 Å². The topological polar surface area (TPSA) is 64.3 Å². The lowest BCUT2D eigenvalue weighted by atomic mass is 10.1. The van der Waals surface area contributed by atoms with Gasteiger partial charge < -0.3 is 9.84 Å². The van der Waals surface area contributed by atoms with Crippen LogP contribution in [0, 0.1) is 0 Å². The van der Waals surface area contributed by atoms with Gasteiger partial charge in [0.15, 0.2) is 0 Å². The van der Waals surface area contributed by atoms with Gasteiger partial charge in [-0.25, -0.2) is 0 Å². The number of hydrogen-bond acceptors (Lipinski definition) is 3. The van der Waals surface area contributed by atoms with E-state index in [0.29, 0.717) is 26.5 Å². The van der Waals surface area contributed by atoms with Gasteiger partial charge in [0.1, 0.15) is 5.75 Å². The molecule has 0 fully saturated rings. The minimum Gasteiger partial charge on any atom is -0.481 e. The van der Waals surface area contributed by atoms with Crippen molar-refractivity contribution < 1.29 is 27.8 Å². The number of benzene rings is 2. The lowest BCUT2D eigenvalue weighted by Gasteiger charge is -2.10. The van der Waals surface area contributed by atoms with Crippen LogP contribution in [-0.4, -0.2) is 27.2 Å². The van der Waals surface area contributed by atoms with E-state index in [2.05, 4.69) is 9.84 Å². The highest BCUT2D eigenvalue weighted by Crippen LogP contribution is 2.30. The molecule has 0 unspecified atom stereocenters. The Kier molecular flexibility index (Phi) is 5.21. The van der Waals surface area contributed by atoms with Gasteiger partial charge in [0.25, 0.3) is 0 Å². The quantitative estimate of drug-likeness (QED) is 0.638. The van der Waals surface area contributed by atoms with E-state index in [1.807, 2.05) is 0 Å². The normalized spacial score (nSPS) is 11.7. The molecule has 0 aliphatic heterocycles. The van der Waals surface area contributed by atoms with Crippen LogP contribution in [0.15, 0.2) is 36.4 Å². The van der Waals surface area contributed by atoms with Crippen molar-refractivity contribution in [3.05, 3.63) is 57.7 Å². The first-order chi connectivity index (χ1) is 12.6. The molecule has 0 saturated heterocycles. The summed E-state index contributed by atoms with van der Waals surface area (Å²) in [7, 11) is 0. The van der Waals surface area contributed by atoms with Crippen molar-refractivity contribution >= 4 is 40.1 Å². The van der Waals surface area contributed by atoms with Gasteiger partial charge in [-0.2, -0.15) is 5.10 Å². The Bertz CT molecular complexity index is 1020. The van der Waals surface area contributed by atoms with Crippen molar-refractivity contribution in [2.45, 2.75) is 19.3 Å². The van der Waals surface area contributed by atoms with Gasteiger partial charge in [-0.3, -0.25) is 9.48 Å². The molecule has 3 rings (SSSR count). The third-order valence-corrected chi connectivity index (χ3v) is 4.27. The first-order valence-corrected chi connectivity index (χ1v) is 8.29. The second-order valence-corrected chi connectivity index (χ2v) is 6.48. The summed E-state index contributed by atoms with van der Waals surface area (Å²) in [6, 6.07) is 8.42. The zero-order valence-electron chi connectivity index (χ0n) is 13.4. The molecule has 3 aromatic rings. The highest BCUT2D eigenvalue weighted by molar-refractivity contribution is 6.35. The molecule has 1 N–H and O–H groups in total. The monoisotopic (exact) mass is 418 g/mol. The molecule has 0 aliphatic rings. The summed E-state index contributed by atoms with van der Waals surface area (Å²) < 4.78 is 42.8. The number of hydrogen-bond donors (Lipinski definition) is 1. The molecule has 142 valence electrons. The Morgan fingerprint density at radius 1 is 1.19 bits per heavy atom. The van der Waals surface area contributed by atoms with Crippen molar-refractivity contribution in [3.63, 3.8) is 0 Å². The third kappa shape index (κ3) is 4.64. The molecule has 5 nitrogen and oxygen atoms in total. The number of aromatic nitrogens is 2. The molecule has 27 heavy (non-hydrogen) atoms. The maximum Gasteiger partial charge on any atom is 0.573 e. The number of fused-ring (bicyclic) bond motifs is 1. The molecule has 1 heterocycles. The van der Waals surface area contributed by atoms with Crippen LogP contribution in [0.1, 0.15) is 11.3 Å². The molecule has 0 atom stereocenters. The standard InChI is InChI=1S/C17H11Cl2F3N2O3/c18-10-2-1-9(13(19)5-10)8-24-15-6-11(27-17(20,21)22)3-4-12(15)14(23-24)7-16(25)26/h1-6H,7-8H2,(H,25,26). The number of nitrogens with zero attached hydrogens (tertiary/aromatic N) is 2. The van der Waals surface area contributed by atoms with E-state index in [-0.39, 0.29) is 18.7 Å². The zero-order chi connectivity index (χ0) is 19.8. The average molecular weight is 419 g/mol. The number of halogens is 5. The number of alkyl halides is 3. The number of carbonyl (C=O) groups is 1. The molecule has 0 amide bonds. The zero-order valence-corrected chi connectivity index (χ0v) is 14.9. The fourth-order valence-electron chi connectivity index (χ4n) is 2.63. The van der Waals surface area contributed by atoms with Gasteiger partial charge in [0.05, 0.1) is 24.2 Å². The van der Waals surface area contributed by atoms with E-state index < -0.39 is 18.1 Å². The summed E-state index contributed by atoms with van der Waals surface area (Å²) in [5.74, 6) is -1.54. The lowest BCUT2D eigenvalue weighted by Crippen LogP contribution is -2.17. The fraction of sp³-hybridized carbons (Fsp3) is 0.176. The summed E-state index contributed by atoms with van der Waals surface area (Å²) in [5.41, 5.74) is 1.13. The summed E-state index contributed by atoms with van der Waals surface area (Å²) in [5, 5.41) is 14.5. The van der Waals surface area contributed by atoms with E-state index >= 15 is 0 Å². The van der Waals surface area contributed by atoms with Crippen LogP contribution in [0.2, 0.25) is 10.0 Å². The Hall–Kier alpha value is -2.45. The summed E-state index contributed by atoms with van der Waals surface area (Å²) in [6.07, 6.45) is -5.22. The molecular formula is C17H11Cl2F3N2O3. The van der Waals surface area contributed by atoms with E-state index in [1.165, 1.54) is 16.8 Å². The van der Waals surface area contributed by atoms with Crippen LogP contribution in [0.4, 0.5) is 13.2 Å².